The summed E-state index contributed by atoms with van der Waals surface area (Å²) in [6, 6.07) is 0.398. The molecular formula is C12H26N2. The molecule has 2 heteroatoms. The molecule has 0 aromatic carbocycles. The highest BCUT2D eigenvalue weighted by atomic mass is 15.2. The lowest BCUT2D eigenvalue weighted by atomic mass is 9.92. The zero-order chi connectivity index (χ0) is 10.6. The molecule has 0 bridgehead atoms. The van der Waals surface area contributed by atoms with Crippen LogP contribution in [0.15, 0.2) is 0 Å². The molecule has 84 valence electrons. The van der Waals surface area contributed by atoms with Crippen molar-refractivity contribution < 1.29 is 0 Å². The molecule has 1 aliphatic rings. The van der Waals surface area contributed by atoms with E-state index in [0.717, 1.165) is 6.54 Å². The van der Waals surface area contributed by atoms with Gasteiger partial charge in [0.25, 0.3) is 0 Å². The van der Waals surface area contributed by atoms with Crippen LogP contribution in [0.25, 0.3) is 0 Å². The van der Waals surface area contributed by atoms with Crippen molar-refractivity contribution >= 4 is 0 Å². The number of hydrogen-bond donors (Lipinski definition) is 1. The highest BCUT2D eigenvalue weighted by molar-refractivity contribution is 4.87. The van der Waals surface area contributed by atoms with Crippen molar-refractivity contribution in [2.45, 2.75) is 64.5 Å². The molecule has 0 saturated carbocycles. The van der Waals surface area contributed by atoms with Gasteiger partial charge in [0.1, 0.15) is 0 Å². The van der Waals surface area contributed by atoms with Gasteiger partial charge in [-0.2, -0.15) is 0 Å². The van der Waals surface area contributed by atoms with Gasteiger partial charge in [0.15, 0.2) is 0 Å². The number of hydrogen-bond acceptors (Lipinski definition) is 2. The topological polar surface area (TPSA) is 29.3 Å². The Morgan fingerprint density at radius 1 is 1.29 bits per heavy atom. The maximum atomic E-state index is 6.09. The lowest BCUT2D eigenvalue weighted by Crippen LogP contribution is -2.49. The van der Waals surface area contributed by atoms with Gasteiger partial charge in [-0.15, -0.1) is 0 Å². The second-order valence-corrected chi connectivity index (χ2v) is 4.91. The molecule has 2 nitrogen and oxygen atoms in total. The van der Waals surface area contributed by atoms with Crippen molar-refractivity contribution in [3.05, 3.63) is 0 Å². The molecular weight excluding hydrogens is 172 g/mol. The normalized spacial score (nSPS) is 26.1. The van der Waals surface area contributed by atoms with E-state index in [4.69, 9.17) is 5.73 Å². The predicted molar refractivity (Wildman–Crippen MR) is 62.4 cm³/mol. The fourth-order valence-corrected chi connectivity index (χ4v) is 2.36. The summed E-state index contributed by atoms with van der Waals surface area (Å²) in [6.45, 7) is 9.30. The third kappa shape index (κ3) is 2.71. The minimum atomic E-state index is 0.377. The van der Waals surface area contributed by atoms with Gasteiger partial charge in [-0.25, -0.2) is 0 Å². The van der Waals surface area contributed by atoms with Crippen molar-refractivity contribution in [1.82, 2.24) is 4.90 Å². The zero-order valence-electron chi connectivity index (χ0n) is 10.1. The summed E-state index contributed by atoms with van der Waals surface area (Å²) >= 11 is 0. The van der Waals surface area contributed by atoms with E-state index in [1.807, 2.05) is 0 Å². The van der Waals surface area contributed by atoms with Crippen molar-refractivity contribution in [2.24, 2.45) is 5.73 Å². The van der Waals surface area contributed by atoms with Crippen LogP contribution in [0.4, 0.5) is 0 Å². The molecule has 1 heterocycles. The number of rotatable bonds is 3. The fourth-order valence-electron chi connectivity index (χ4n) is 2.36. The maximum Gasteiger partial charge on any atom is 0.0176 e. The van der Waals surface area contributed by atoms with Gasteiger partial charge in [-0.3, -0.25) is 4.90 Å². The molecule has 0 spiro atoms. The zero-order valence-corrected chi connectivity index (χ0v) is 10.1. The first-order valence-electron chi connectivity index (χ1n) is 6.13. The highest BCUT2D eigenvalue weighted by Crippen LogP contribution is 2.26. The lowest BCUT2D eigenvalue weighted by molar-refractivity contribution is 0.0942. The molecule has 0 aliphatic carbocycles. The first-order valence-corrected chi connectivity index (χ1v) is 6.13. The third-order valence-corrected chi connectivity index (χ3v) is 3.99. The molecule has 14 heavy (non-hydrogen) atoms. The van der Waals surface area contributed by atoms with Crippen LogP contribution in [-0.4, -0.2) is 29.6 Å². The van der Waals surface area contributed by atoms with Gasteiger partial charge in [0.2, 0.25) is 0 Å². The van der Waals surface area contributed by atoms with Crippen molar-refractivity contribution in [3.63, 3.8) is 0 Å². The van der Waals surface area contributed by atoms with Gasteiger partial charge in [-0.1, -0.05) is 20.3 Å². The Morgan fingerprint density at radius 2 is 1.93 bits per heavy atom. The summed E-state index contributed by atoms with van der Waals surface area (Å²) in [7, 11) is 0. The van der Waals surface area contributed by atoms with Crippen LogP contribution in [0.5, 0.6) is 0 Å². The standard InChI is InChI=1S/C12H26N2/c1-4-12(3,5-2)14-9-7-6-8-11(13)10-14/h11H,4-10,13H2,1-3H3. The predicted octanol–water partition coefficient (Wildman–Crippen LogP) is 2.38. The van der Waals surface area contributed by atoms with E-state index in [2.05, 4.69) is 25.7 Å². The average molecular weight is 198 g/mol. The monoisotopic (exact) mass is 198 g/mol. The van der Waals surface area contributed by atoms with E-state index in [1.165, 1.54) is 38.6 Å². The van der Waals surface area contributed by atoms with Gasteiger partial charge < -0.3 is 5.73 Å². The SMILES string of the molecule is CCC(C)(CC)N1CCCCC(N)C1. The fraction of sp³-hybridized carbons (Fsp3) is 1.00. The van der Waals surface area contributed by atoms with Gasteiger partial charge in [0, 0.05) is 18.1 Å². The Bertz CT molecular complexity index is 164. The van der Waals surface area contributed by atoms with Crippen LogP contribution in [-0.2, 0) is 0 Å². The van der Waals surface area contributed by atoms with Crippen molar-refractivity contribution in [1.29, 1.82) is 0 Å². The molecule has 0 aromatic heterocycles. The summed E-state index contributed by atoms with van der Waals surface area (Å²) in [5, 5.41) is 0. The minimum absolute atomic E-state index is 0.377. The van der Waals surface area contributed by atoms with E-state index < -0.39 is 0 Å². The second-order valence-electron chi connectivity index (χ2n) is 4.91. The Labute approximate surface area is 88.8 Å². The van der Waals surface area contributed by atoms with E-state index >= 15 is 0 Å². The maximum absolute atomic E-state index is 6.09. The quantitative estimate of drug-likeness (QED) is 0.754. The van der Waals surface area contributed by atoms with Gasteiger partial charge in [-0.05, 0) is 39.2 Å². The van der Waals surface area contributed by atoms with Gasteiger partial charge >= 0.3 is 0 Å². The molecule has 2 N–H and O–H groups in total. The van der Waals surface area contributed by atoms with E-state index in [1.54, 1.807) is 0 Å². The Hall–Kier alpha value is -0.0800. The van der Waals surface area contributed by atoms with Crippen LogP contribution >= 0.6 is 0 Å². The van der Waals surface area contributed by atoms with E-state index in [0.29, 0.717) is 11.6 Å². The molecule has 1 aliphatic heterocycles. The largest absolute Gasteiger partial charge is 0.327 e. The number of nitrogens with two attached hydrogens (primary N) is 1. The third-order valence-electron chi connectivity index (χ3n) is 3.99. The first-order chi connectivity index (χ1) is 6.62. The second kappa shape index (κ2) is 5.13. The Morgan fingerprint density at radius 3 is 2.50 bits per heavy atom. The van der Waals surface area contributed by atoms with Crippen LogP contribution < -0.4 is 5.73 Å². The van der Waals surface area contributed by atoms with Crippen LogP contribution in [0.3, 0.4) is 0 Å². The first kappa shape index (κ1) is 12.0. The van der Waals surface area contributed by atoms with Crippen molar-refractivity contribution in [2.75, 3.05) is 13.1 Å². The summed E-state index contributed by atoms with van der Waals surface area (Å²) in [5.41, 5.74) is 6.47. The summed E-state index contributed by atoms with van der Waals surface area (Å²) in [5.74, 6) is 0. The van der Waals surface area contributed by atoms with Crippen LogP contribution in [0.1, 0.15) is 52.9 Å². The molecule has 1 unspecified atom stereocenters. The van der Waals surface area contributed by atoms with Crippen molar-refractivity contribution in [3.8, 4) is 0 Å². The number of nitrogens with zero attached hydrogens (tertiary/aromatic N) is 1. The molecule has 1 saturated heterocycles. The number of likely N-dealkylation sites (tertiary alicyclic amines) is 1. The molecule has 1 fully saturated rings. The molecule has 0 radical (unpaired) electrons. The summed E-state index contributed by atoms with van der Waals surface area (Å²) in [6.07, 6.45) is 6.30. The molecule has 1 atom stereocenters. The lowest BCUT2D eigenvalue weighted by Gasteiger charge is -2.40. The van der Waals surface area contributed by atoms with Gasteiger partial charge in [0.05, 0.1) is 0 Å². The Kier molecular flexibility index (Phi) is 4.39. The summed E-state index contributed by atoms with van der Waals surface area (Å²) in [4.78, 5) is 2.62. The Balaban J connectivity index is 2.63. The van der Waals surface area contributed by atoms with Crippen LogP contribution in [0.2, 0.25) is 0 Å². The highest BCUT2D eigenvalue weighted by Gasteiger charge is 2.29. The summed E-state index contributed by atoms with van der Waals surface area (Å²) < 4.78 is 0. The van der Waals surface area contributed by atoms with E-state index in [9.17, 15) is 0 Å². The molecule has 0 aromatic rings. The smallest absolute Gasteiger partial charge is 0.0176 e. The van der Waals surface area contributed by atoms with Crippen LogP contribution in [0, 0.1) is 0 Å². The van der Waals surface area contributed by atoms with E-state index in [-0.39, 0.29) is 0 Å². The minimum Gasteiger partial charge on any atom is -0.327 e. The molecule has 1 rings (SSSR count). The molecule has 0 amide bonds. The average Bonchev–Trinajstić information content (AvgIpc) is 2.42.